The van der Waals surface area contributed by atoms with Crippen molar-refractivity contribution >= 4 is 17.6 Å². The minimum Gasteiger partial charge on any atom is -0.477 e. The van der Waals surface area contributed by atoms with Gasteiger partial charge in [0.2, 0.25) is 0 Å². The molecule has 100 valence electrons. The molecule has 0 saturated carbocycles. The Labute approximate surface area is 116 Å². The molecule has 2 rings (SSSR count). The van der Waals surface area contributed by atoms with E-state index in [4.69, 9.17) is 11.6 Å². The van der Waals surface area contributed by atoms with Crippen molar-refractivity contribution in [1.29, 1.82) is 0 Å². The second-order valence-electron chi connectivity index (χ2n) is 4.40. The van der Waals surface area contributed by atoms with Crippen molar-refractivity contribution < 1.29 is 9.90 Å². The van der Waals surface area contributed by atoms with E-state index < -0.39 is 5.97 Å². The molecular weight excluding hydrogens is 264 g/mol. The summed E-state index contributed by atoms with van der Waals surface area (Å²) in [5.41, 5.74) is 2.73. The fourth-order valence-corrected chi connectivity index (χ4v) is 2.15. The predicted molar refractivity (Wildman–Crippen MR) is 74.7 cm³/mol. The van der Waals surface area contributed by atoms with Gasteiger partial charge in [-0.1, -0.05) is 24.6 Å². The van der Waals surface area contributed by atoms with Crippen LogP contribution in [-0.2, 0) is 6.54 Å². The highest BCUT2D eigenvalue weighted by Crippen LogP contribution is 2.26. The summed E-state index contributed by atoms with van der Waals surface area (Å²) < 4.78 is 1.53. The number of rotatable bonds is 4. The van der Waals surface area contributed by atoms with Crippen molar-refractivity contribution in [2.75, 3.05) is 0 Å². The molecule has 0 amide bonds. The first-order valence-corrected chi connectivity index (χ1v) is 6.48. The van der Waals surface area contributed by atoms with Crippen molar-refractivity contribution in [1.82, 2.24) is 9.78 Å². The summed E-state index contributed by atoms with van der Waals surface area (Å²) in [5.74, 6) is -0.966. The van der Waals surface area contributed by atoms with E-state index in [1.54, 1.807) is 12.1 Å². The van der Waals surface area contributed by atoms with E-state index >= 15 is 0 Å². The molecule has 0 atom stereocenters. The summed E-state index contributed by atoms with van der Waals surface area (Å²) in [6, 6.07) is 7.11. The van der Waals surface area contributed by atoms with E-state index in [1.165, 1.54) is 4.68 Å². The zero-order chi connectivity index (χ0) is 14.0. The van der Waals surface area contributed by atoms with Gasteiger partial charge in [0, 0.05) is 17.1 Å². The maximum absolute atomic E-state index is 11.2. The standard InChI is InChI=1S/C14H15ClN2O2/c1-3-6-17-13(14(18)19)8-12(16-17)11-7-10(15)5-4-9(11)2/h4-5,7-8H,3,6H2,1-2H3,(H,18,19). The van der Waals surface area contributed by atoms with Gasteiger partial charge in [0.05, 0.1) is 5.69 Å². The number of benzene rings is 1. The molecule has 0 radical (unpaired) electrons. The Hall–Kier alpha value is -1.81. The first-order valence-electron chi connectivity index (χ1n) is 6.10. The van der Waals surface area contributed by atoms with E-state index in [9.17, 15) is 9.90 Å². The van der Waals surface area contributed by atoms with Crippen molar-refractivity contribution in [3.8, 4) is 11.3 Å². The fourth-order valence-electron chi connectivity index (χ4n) is 1.97. The Morgan fingerprint density at radius 2 is 2.16 bits per heavy atom. The molecule has 0 fully saturated rings. The quantitative estimate of drug-likeness (QED) is 0.929. The third-order valence-corrected chi connectivity index (χ3v) is 3.15. The number of hydrogen-bond acceptors (Lipinski definition) is 2. The molecule has 1 aromatic heterocycles. The van der Waals surface area contributed by atoms with Gasteiger partial charge in [-0.15, -0.1) is 0 Å². The van der Waals surface area contributed by atoms with Crippen LogP contribution in [0, 0.1) is 6.92 Å². The zero-order valence-corrected chi connectivity index (χ0v) is 11.6. The summed E-state index contributed by atoms with van der Waals surface area (Å²) in [6.45, 7) is 4.52. The first-order chi connectivity index (χ1) is 9.02. The van der Waals surface area contributed by atoms with Crippen molar-refractivity contribution in [3.05, 3.63) is 40.5 Å². The summed E-state index contributed by atoms with van der Waals surface area (Å²) in [5, 5.41) is 14.2. The van der Waals surface area contributed by atoms with E-state index in [-0.39, 0.29) is 5.69 Å². The van der Waals surface area contributed by atoms with Crippen LogP contribution in [0.25, 0.3) is 11.3 Å². The summed E-state index contributed by atoms with van der Waals surface area (Å²) in [7, 11) is 0. The average molecular weight is 279 g/mol. The van der Waals surface area contributed by atoms with Gasteiger partial charge in [0.15, 0.2) is 0 Å². The van der Waals surface area contributed by atoms with Crippen LogP contribution in [0.1, 0.15) is 29.4 Å². The molecule has 0 saturated heterocycles. The Morgan fingerprint density at radius 1 is 1.42 bits per heavy atom. The Balaban J connectivity index is 2.53. The lowest BCUT2D eigenvalue weighted by Gasteiger charge is -2.03. The fraction of sp³-hybridized carbons (Fsp3) is 0.286. The van der Waals surface area contributed by atoms with E-state index in [0.717, 1.165) is 17.5 Å². The molecule has 0 aliphatic rings. The summed E-state index contributed by atoms with van der Waals surface area (Å²) in [4.78, 5) is 11.2. The molecule has 1 heterocycles. The first kappa shape index (κ1) is 13.6. The lowest BCUT2D eigenvalue weighted by atomic mass is 10.1. The van der Waals surface area contributed by atoms with Crippen LogP contribution >= 0.6 is 11.6 Å². The number of carboxylic acid groups (broad SMARTS) is 1. The molecule has 0 bridgehead atoms. The lowest BCUT2D eigenvalue weighted by molar-refractivity contribution is 0.0683. The molecule has 0 spiro atoms. The van der Waals surface area contributed by atoms with Gasteiger partial charge in [0.1, 0.15) is 5.69 Å². The van der Waals surface area contributed by atoms with Crippen LogP contribution in [0.4, 0.5) is 0 Å². The summed E-state index contributed by atoms with van der Waals surface area (Å²) in [6.07, 6.45) is 0.829. The number of aromatic nitrogens is 2. The molecule has 1 N–H and O–H groups in total. The molecule has 19 heavy (non-hydrogen) atoms. The van der Waals surface area contributed by atoms with E-state index in [0.29, 0.717) is 17.3 Å². The monoisotopic (exact) mass is 278 g/mol. The van der Waals surface area contributed by atoms with Crippen LogP contribution in [0.2, 0.25) is 5.02 Å². The molecule has 4 nitrogen and oxygen atoms in total. The molecular formula is C14H15ClN2O2. The van der Waals surface area contributed by atoms with Crippen molar-refractivity contribution in [3.63, 3.8) is 0 Å². The largest absolute Gasteiger partial charge is 0.477 e. The zero-order valence-electron chi connectivity index (χ0n) is 10.9. The number of hydrogen-bond donors (Lipinski definition) is 1. The smallest absolute Gasteiger partial charge is 0.354 e. The van der Waals surface area contributed by atoms with Gasteiger partial charge in [-0.05, 0) is 37.1 Å². The molecule has 0 unspecified atom stereocenters. The number of carbonyl (C=O) groups is 1. The SMILES string of the molecule is CCCn1nc(-c2cc(Cl)ccc2C)cc1C(=O)O. The van der Waals surface area contributed by atoms with Crippen LogP contribution < -0.4 is 0 Å². The summed E-state index contributed by atoms with van der Waals surface area (Å²) >= 11 is 5.99. The van der Waals surface area contributed by atoms with E-state index in [2.05, 4.69) is 5.10 Å². The molecule has 1 aromatic carbocycles. The van der Waals surface area contributed by atoms with Crippen LogP contribution in [0.3, 0.4) is 0 Å². The Kier molecular flexibility index (Phi) is 3.90. The van der Waals surface area contributed by atoms with Crippen molar-refractivity contribution in [2.45, 2.75) is 26.8 Å². The van der Waals surface area contributed by atoms with Gasteiger partial charge in [-0.25, -0.2) is 4.79 Å². The van der Waals surface area contributed by atoms with Crippen LogP contribution in [-0.4, -0.2) is 20.9 Å². The van der Waals surface area contributed by atoms with Crippen LogP contribution in [0.15, 0.2) is 24.3 Å². The highest BCUT2D eigenvalue weighted by Gasteiger charge is 2.16. The molecule has 0 aliphatic heterocycles. The highest BCUT2D eigenvalue weighted by atomic mass is 35.5. The minimum atomic E-state index is -0.966. The normalized spacial score (nSPS) is 10.7. The third kappa shape index (κ3) is 2.79. The second-order valence-corrected chi connectivity index (χ2v) is 4.84. The number of aryl methyl sites for hydroxylation is 2. The van der Waals surface area contributed by atoms with Gasteiger partial charge in [-0.2, -0.15) is 5.10 Å². The minimum absolute atomic E-state index is 0.205. The number of carboxylic acids is 1. The number of aromatic carboxylic acids is 1. The van der Waals surface area contributed by atoms with Crippen molar-refractivity contribution in [2.24, 2.45) is 0 Å². The molecule has 2 aromatic rings. The topological polar surface area (TPSA) is 55.1 Å². The number of nitrogens with zero attached hydrogens (tertiary/aromatic N) is 2. The predicted octanol–water partition coefficient (Wildman–Crippen LogP) is 3.62. The average Bonchev–Trinajstić information content (AvgIpc) is 2.77. The highest BCUT2D eigenvalue weighted by molar-refractivity contribution is 6.30. The van der Waals surface area contributed by atoms with Gasteiger partial charge < -0.3 is 5.11 Å². The third-order valence-electron chi connectivity index (χ3n) is 2.91. The van der Waals surface area contributed by atoms with Crippen LogP contribution in [0.5, 0.6) is 0 Å². The Bertz CT molecular complexity index is 620. The van der Waals surface area contributed by atoms with Gasteiger partial charge in [0.25, 0.3) is 0 Å². The van der Waals surface area contributed by atoms with E-state index in [1.807, 2.05) is 26.0 Å². The maximum atomic E-state index is 11.2. The molecule has 5 heteroatoms. The Morgan fingerprint density at radius 3 is 2.79 bits per heavy atom. The van der Waals surface area contributed by atoms with Gasteiger partial charge in [-0.3, -0.25) is 4.68 Å². The maximum Gasteiger partial charge on any atom is 0.354 e. The second kappa shape index (κ2) is 5.45. The van der Waals surface area contributed by atoms with Gasteiger partial charge >= 0.3 is 5.97 Å². The number of halogens is 1. The molecule has 0 aliphatic carbocycles. The lowest BCUT2D eigenvalue weighted by Crippen LogP contribution is -2.09.